The zero-order valence-corrected chi connectivity index (χ0v) is 7.98. The van der Waals surface area contributed by atoms with Crippen LogP contribution in [-0.2, 0) is 0 Å². The van der Waals surface area contributed by atoms with Gasteiger partial charge in [0.1, 0.15) is 11.5 Å². The van der Waals surface area contributed by atoms with Gasteiger partial charge in [-0.2, -0.15) is 0 Å². The highest BCUT2D eigenvalue weighted by molar-refractivity contribution is 9.12. The van der Waals surface area contributed by atoms with Gasteiger partial charge in [0.05, 0.1) is 4.48 Å². The number of halogens is 2. The first kappa shape index (κ1) is 10.5. The van der Waals surface area contributed by atoms with Gasteiger partial charge in [-0.05, 0) is 34.5 Å². The molecular formula is C7H9BrFNO. The minimum atomic E-state index is -0.440. The van der Waals surface area contributed by atoms with Crippen LogP contribution in [-0.4, -0.2) is 0 Å². The van der Waals surface area contributed by atoms with Crippen LogP contribution < -0.4 is 0 Å². The Kier molecular flexibility index (Phi) is 4.94. The average Bonchev–Trinajstić information content (AvgIpc) is 1.98. The highest BCUT2D eigenvalue weighted by atomic mass is 79.9. The standard InChI is InChI=1S/C7H9BrFNO/c1-3-4-6(10-11)7(8)5(2)9/h4H,3H2,1-2H3/b6-4+,7-5-. The lowest BCUT2D eigenvalue weighted by Gasteiger charge is -1.94. The van der Waals surface area contributed by atoms with Gasteiger partial charge in [0.2, 0.25) is 0 Å². The first-order valence-electron chi connectivity index (χ1n) is 3.19. The summed E-state index contributed by atoms with van der Waals surface area (Å²) in [6.45, 7) is 3.11. The largest absolute Gasteiger partial charge is 0.211 e. The number of allylic oxidation sites excluding steroid dienone is 3. The van der Waals surface area contributed by atoms with Gasteiger partial charge in [-0.25, -0.2) is 4.39 Å². The molecule has 11 heavy (non-hydrogen) atoms. The zero-order valence-electron chi connectivity index (χ0n) is 6.40. The van der Waals surface area contributed by atoms with E-state index < -0.39 is 5.83 Å². The topological polar surface area (TPSA) is 29.4 Å². The molecule has 0 saturated carbocycles. The van der Waals surface area contributed by atoms with E-state index in [1.165, 1.54) is 6.92 Å². The van der Waals surface area contributed by atoms with E-state index in [2.05, 4.69) is 21.1 Å². The van der Waals surface area contributed by atoms with Crippen molar-refractivity contribution in [3.8, 4) is 0 Å². The van der Waals surface area contributed by atoms with Crippen LogP contribution in [0.1, 0.15) is 20.3 Å². The Balaban J connectivity index is 4.66. The van der Waals surface area contributed by atoms with E-state index in [9.17, 15) is 9.30 Å². The maximum Gasteiger partial charge on any atom is 0.120 e. The lowest BCUT2D eigenvalue weighted by Crippen LogP contribution is -1.79. The summed E-state index contributed by atoms with van der Waals surface area (Å²) in [5.41, 5.74) is 0.118. The molecule has 0 aromatic carbocycles. The van der Waals surface area contributed by atoms with E-state index in [0.29, 0.717) is 6.42 Å². The molecule has 0 aliphatic heterocycles. The average molecular weight is 222 g/mol. The Bertz CT molecular complexity index is 206. The molecule has 0 N–H and O–H groups in total. The fraction of sp³-hybridized carbons (Fsp3) is 0.429. The Hall–Kier alpha value is -0.510. The predicted octanol–water partition coefficient (Wildman–Crippen LogP) is 3.64. The molecule has 0 spiro atoms. The number of hydrogen-bond donors (Lipinski definition) is 0. The molecule has 0 rings (SSSR count). The number of rotatable bonds is 3. The number of nitroso groups, excluding NO2 is 1. The van der Waals surface area contributed by atoms with Crippen LogP contribution in [0, 0.1) is 4.91 Å². The van der Waals surface area contributed by atoms with E-state index in [4.69, 9.17) is 0 Å². The Morgan fingerprint density at radius 2 is 2.27 bits per heavy atom. The molecule has 0 unspecified atom stereocenters. The Morgan fingerprint density at radius 1 is 1.73 bits per heavy atom. The maximum absolute atomic E-state index is 12.4. The quantitative estimate of drug-likeness (QED) is 0.529. The lowest BCUT2D eigenvalue weighted by atomic mass is 10.3. The molecule has 0 fully saturated rings. The third-order valence-corrected chi connectivity index (χ3v) is 1.98. The van der Waals surface area contributed by atoms with Crippen molar-refractivity contribution in [1.82, 2.24) is 0 Å². The van der Waals surface area contributed by atoms with E-state index in [0.717, 1.165) is 0 Å². The molecule has 0 aliphatic rings. The molecule has 4 heteroatoms. The second-order valence-corrected chi connectivity index (χ2v) is 2.73. The van der Waals surface area contributed by atoms with Gasteiger partial charge in [-0.15, -0.1) is 4.91 Å². The van der Waals surface area contributed by atoms with Gasteiger partial charge in [-0.3, -0.25) is 0 Å². The smallest absolute Gasteiger partial charge is 0.120 e. The van der Waals surface area contributed by atoms with Crippen molar-refractivity contribution in [2.24, 2.45) is 5.18 Å². The Labute approximate surface area is 73.3 Å². The van der Waals surface area contributed by atoms with Crippen molar-refractivity contribution < 1.29 is 4.39 Å². The summed E-state index contributed by atoms with van der Waals surface area (Å²) in [6.07, 6.45) is 2.21. The van der Waals surface area contributed by atoms with Gasteiger partial charge in [-0.1, -0.05) is 13.0 Å². The summed E-state index contributed by atoms with van der Waals surface area (Å²) in [6, 6.07) is 0. The van der Waals surface area contributed by atoms with Crippen molar-refractivity contribution in [3.05, 3.63) is 27.0 Å². The van der Waals surface area contributed by atoms with Crippen molar-refractivity contribution in [2.45, 2.75) is 20.3 Å². The fourth-order valence-corrected chi connectivity index (χ4v) is 0.771. The van der Waals surface area contributed by atoms with Crippen LogP contribution in [0.15, 0.2) is 27.3 Å². The van der Waals surface area contributed by atoms with Crippen LogP contribution in [0.5, 0.6) is 0 Å². The lowest BCUT2D eigenvalue weighted by molar-refractivity contribution is 0.637. The molecule has 0 radical (unpaired) electrons. The molecule has 0 bridgehead atoms. The molecule has 2 nitrogen and oxygen atoms in total. The second-order valence-electron chi connectivity index (χ2n) is 1.94. The molecule has 0 saturated heterocycles. The minimum Gasteiger partial charge on any atom is -0.211 e. The van der Waals surface area contributed by atoms with E-state index >= 15 is 0 Å². The van der Waals surface area contributed by atoms with Gasteiger partial charge >= 0.3 is 0 Å². The van der Waals surface area contributed by atoms with Gasteiger partial charge in [0.25, 0.3) is 0 Å². The normalized spacial score (nSPS) is 14.4. The first-order valence-corrected chi connectivity index (χ1v) is 3.98. The van der Waals surface area contributed by atoms with Crippen LogP contribution in [0.3, 0.4) is 0 Å². The van der Waals surface area contributed by atoms with Crippen LogP contribution in [0.4, 0.5) is 4.39 Å². The van der Waals surface area contributed by atoms with Crippen LogP contribution >= 0.6 is 15.9 Å². The monoisotopic (exact) mass is 221 g/mol. The minimum absolute atomic E-state index is 0.118. The summed E-state index contributed by atoms with van der Waals surface area (Å²) >= 11 is 2.91. The van der Waals surface area contributed by atoms with Crippen molar-refractivity contribution in [2.75, 3.05) is 0 Å². The van der Waals surface area contributed by atoms with Gasteiger partial charge in [0.15, 0.2) is 0 Å². The predicted molar refractivity (Wildman–Crippen MR) is 46.9 cm³/mol. The van der Waals surface area contributed by atoms with Crippen LogP contribution in [0.25, 0.3) is 0 Å². The van der Waals surface area contributed by atoms with E-state index in [1.54, 1.807) is 6.08 Å². The zero-order chi connectivity index (χ0) is 8.85. The van der Waals surface area contributed by atoms with E-state index in [-0.39, 0.29) is 10.2 Å². The molecule has 0 amide bonds. The van der Waals surface area contributed by atoms with Crippen molar-refractivity contribution in [3.63, 3.8) is 0 Å². The molecule has 0 aromatic rings. The third-order valence-electron chi connectivity index (χ3n) is 1.02. The highest BCUT2D eigenvalue weighted by Gasteiger charge is 2.04. The molecular weight excluding hydrogens is 213 g/mol. The summed E-state index contributed by atoms with van der Waals surface area (Å²) in [7, 11) is 0. The Morgan fingerprint density at radius 3 is 2.55 bits per heavy atom. The summed E-state index contributed by atoms with van der Waals surface area (Å²) in [5.74, 6) is -0.440. The van der Waals surface area contributed by atoms with Crippen molar-refractivity contribution >= 4 is 15.9 Å². The van der Waals surface area contributed by atoms with Crippen LogP contribution in [0.2, 0.25) is 0 Å². The maximum atomic E-state index is 12.4. The molecule has 0 aromatic heterocycles. The summed E-state index contributed by atoms with van der Waals surface area (Å²) < 4.78 is 12.6. The SMILES string of the molecule is CC/C=C(N=O)\C(Br)=C(/C)F. The van der Waals surface area contributed by atoms with Gasteiger partial charge < -0.3 is 0 Å². The third kappa shape index (κ3) is 3.41. The molecule has 0 atom stereocenters. The second kappa shape index (κ2) is 5.18. The number of nitrogens with zero attached hydrogens (tertiary/aromatic N) is 1. The van der Waals surface area contributed by atoms with Crippen molar-refractivity contribution in [1.29, 1.82) is 0 Å². The molecule has 0 heterocycles. The summed E-state index contributed by atoms with van der Waals surface area (Å²) in [5, 5.41) is 2.67. The van der Waals surface area contributed by atoms with E-state index in [1.807, 2.05) is 6.92 Å². The number of hydrogen-bond acceptors (Lipinski definition) is 2. The highest BCUT2D eigenvalue weighted by Crippen LogP contribution is 2.23. The molecule has 0 aliphatic carbocycles. The van der Waals surface area contributed by atoms with Gasteiger partial charge in [0, 0.05) is 0 Å². The summed E-state index contributed by atoms with van der Waals surface area (Å²) in [4.78, 5) is 10.1. The molecule has 62 valence electrons. The first-order chi connectivity index (χ1) is 5.13. The fourth-order valence-electron chi connectivity index (χ4n) is 0.537.